The molecule has 0 fully saturated rings. The summed E-state index contributed by atoms with van der Waals surface area (Å²) in [6, 6.07) is 12.9. The molecule has 0 spiro atoms. The Hall–Kier alpha value is -3.07. The van der Waals surface area contributed by atoms with E-state index in [0.29, 0.717) is 29.1 Å². The van der Waals surface area contributed by atoms with Crippen molar-refractivity contribution < 1.29 is 22.7 Å². The molecule has 0 aromatic heterocycles. The second-order valence-corrected chi connectivity index (χ2v) is 8.40. The molecule has 2 aromatic carbocycles. The summed E-state index contributed by atoms with van der Waals surface area (Å²) in [5.74, 6) is -0.0156. The molecular weight excluding hydrogens is 394 g/mol. The first-order valence-electron chi connectivity index (χ1n) is 9.05. The molecule has 156 valence electrons. The predicted octanol–water partition coefficient (Wildman–Crippen LogP) is 2.56. The number of carbonyl (C=O) groups is 2. The van der Waals surface area contributed by atoms with E-state index in [4.69, 9.17) is 4.74 Å². The first-order chi connectivity index (χ1) is 13.7. The van der Waals surface area contributed by atoms with E-state index in [9.17, 15) is 18.0 Å². The minimum atomic E-state index is -3.43. The minimum absolute atomic E-state index is 0.0119. The molecule has 0 aliphatic rings. The number of carbonyl (C=O) groups excluding carboxylic acids is 2. The SMILES string of the molecule is CCCS(=O)(=O)Nc1cccc(C(=O)Nc2ccc(OCC(=O)N(C)C)cc2)c1. The molecule has 2 N–H and O–H groups in total. The number of ether oxygens (including phenoxy) is 1. The Balaban J connectivity index is 1.99. The van der Waals surface area contributed by atoms with Crippen LogP contribution in [-0.2, 0) is 14.8 Å². The number of hydrogen-bond donors (Lipinski definition) is 2. The second-order valence-electron chi connectivity index (χ2n) is 6.56. The summed E-state index contributed by atoms with van der Waals surface area (Å²) in [5, 5.41) is 2.74. The molecule has 0 saturated carbocycles. The van der Waals surface area contributed by atoms with Gasteiger partial charge in [0.1, 0.15) is 5.75 Å². The Morgan fingerprint density at radius 2 is 1.72 bits per heavy atom. The van der Waals surface area contributed by atoms with Crippen molar-refractivity contribution in [2.75, 3.05) is 36.5 Å². The van der Waals surface area contributed by atoms with E-state index in [1.807, 2.05) is 0 Å². The first kappa shape index (κ1) is 22.2. The molecule has 2 amide bonds. The summed E-state index contributed by atoms with van der Waals surface area (Å²) in [4.78, 5) is 25.4. The van der Waals surface area contributed by atoms with Crippen molar-refractivity contribution in [1.29, 1.82) is 0 Å². The number of hydrogen-bond acceptors (Lipinski definition) is 5. The van der Waals surface area contributed by atoms with Crippen LogP contribution >= 0.6 is 0 Å². The molecule has 2 rings (SSSR count). The van der Waals surface area contributed by atoms with Crippen LogP contribution in [0.15, 0.2) is 48.5 Å². The van der Waals surface area contributed by atoms with E-state index in [1.165, 1.54) is 11.0 Å². The van der Waals surface area contributed by atoms with Gasteiger partial charge in [-0.05, 0) is 48.9 Å². The van der Waals surface area contributed by atoms with Crippen LogP contribution in [0.3, 0.4) is 0 Å². The quantitative estimate of drug-likeness (QED) is 0.650. The predicted molar refractivity (Wildman–Crippen MR) is 113 cm³/mol. The molecule has 29 heavy (non-hydrogen) atoms. The lowest BCUT2D eigenvalue weighted by Crippen LogP contribution is -2.27. The van der Waals surface area contributed by atoms with Crippen LogP contribution in [0.2, 0.25) is 0 Å². The number of likely N-dealkylation sites (N-methyl/N-ethyl adjacent to an activating group) is 1. The number of benzene rings is 2. The Kier molecular flexibility index (Phi) is 7.60. The van der Waals surface area contributed by atoms with Crippen molar-refractivity contribution in [1.82, 2.24) is 4.90 Å². The van der Waals surface area contributed by atoms with E-state index in [-0.39, 0.29) is 24.2 Å². The summed E-state index contributed by atoms with van der Waals surface area (Å²) in [6.07, 6.45) is 0.499. The van der Waals surface area contributed by atoms with Crippen LogP contribution in [-0.4, -0.2) is 51.6 Å². The van der Waals surface area contributed by atoms with E-state index < -0.39 is 10.0 Å². The van der Waals surface area contributed by atoms with Crippen LogP contribution in [0.5, 0.6) is 5.75 Å². The second kappa shape index (κ2) is 9.92. The summed E-state index contributed by atoms with van der Waals surface area (Å²) in [6.45, 7) is 1.71. The number of nitrogens with one attached hydrogen (secondary N) is 2. The van der Waals surface area contributed by atoms with E-state index in [1.54, 1.807) is 63.5 Å². The lowest BCUT2D eigenvalue weighted by Gasteiger charge is -2.12. The van der Waals surface area contributed by atoms with E-state index >= 15 is 0 Å². The lowest BCUT2D eigenvalue weighted by molar-refractivity contribution is -0.130. The fourth-order valence-corrected chi connectivity index (χ4v) is 3.46. The van der Waals surface area contributed by atoms with Gasteiger partial charge in [-0.3, -0.25) is 14.3 Å². The first-order valence-corrected chi connectivity index (χ1v) is 10.7. The van der Waals surface area contributed by atoms with Gasteiger partial charge in [-0.2, -0.15) is 0 Å². The summed E-state index contributed by atoms with van der Waals surface area (Å²) < 4.78 is 31.6. The zero-order valence-electron chi connectivity index (χ0n) is 16.6. The normalized spacial score (nSPS) is 10.9. The van der Waals surface area contributed by atoms with Crippen LogP contribution in [0.25, 0.3) is 0 Å². The van der Waals surface area contributed by atoms with Gasteiger partial charge < -0.3 is 15.0 Å². The van der Waals surface area contributed by atoms with Gasteiger partial charge in [0, 0.05) is 31.0 Å². The Morgan fingerprint density at radius 3 is 2.34 bits per heavy atom. The Labute approximate surface area is 170 Å². The zero-order chi connectivity index (χ0) is 21.4. The van der Waals surface area contributed by atoms with Gasteiger partial charge in [0.25, 0.3) is 11.8 Å². The molecule has 0 atom stereocenters. The highest BCUT2D eigenvalue weighted by Crippen LogP contribution is 2.18. The van der Waals surface area contributed by atoms with E-state index in [2.05, 4.69) is 10.0 Å². The maximum atomic E-state index is 12.5. The fraction of sp³-hybridized carbons (Fsp3) is 0.300. The van der Waals surface area contributed by atoms with Gasteiger partial charge in [0.15, 0.2) is 6.61 Å². The van der Waals surface area contributed by atoms with Crippen LogP contribution in [0, 0.1) is 0 Å². The highest BCUT2D eigenvalue weighted by molar-refractivity contribution is 7.92. The van der Waals surface area contributed by atoms with Crippen molar-refractivity contribution in [3.63, 3.8) is 0 Å². The number of nitrogens with zero attached hydrogens (tertiary/aromatic N) is 1. The molecule has 0 aliphatic heterocycles. The maximum absolute atomic E-state index is 12.5. The molecule has 8 nitrogen and oxygen atoms in total. The summed E-state index contributed by atoms with van der Waals surface area (Å²) in [7, 11) is -0.137. The Bertz CT molecular complexity index is 956. The summed E-state index contributed by atoms with van der Waals surface area (Å²) >= 11 is 0. The molecule has 2 aromatic rings. The van der Waals surface area contributed by atoms with Gasteiger partial charge in [-0.15, -0.1) is 0 Å². The van der Waals surface area contributed by atoms with Crippen molar-refractivity contribution in [3.8, 4) is 5.75 Å². The molecule has 0 saturated heterocycles. The highest BCUT2D eigenvalue weighted by atomic mass is 32.2. The molecule has 0 aliphatic carbocycles. The third-order valence-corrected chi connectivity index (χ3v) is 5.34. The molecule has 0 unspecified atom stereocenters. The van der Waals surface area contributed by atoms with Gasteiger partial charge in [-0.25, -0.2) is 8.42 Å². The van der Waals surface area contributed by atoms with Crippen molar-refractivity contribution in [2.45, 2.75) is 13.3 Å². The summed E-state index contributed by atoms with van der Waals surface area (Å²) in [5.41, 5.74) is 1.19. The molecule has 0 bridgehead atoms. The lowest BCUT2D eigenvalue weighted by atomic mass is 10.2. The number of anilines is 2. The van der Waals surface area contributed by atoms with Gasteiger partial charge in [0.05, 0.1) is 5.75 Å². The van der Waals surface area contributed by atoms with Crippen molar-refractivity contribution in [2.24, 2.45) is 0 Å². The molecular formula is C20H25N3O5S. The van der Waals surface area contributed by atoms with Crippen LogP contribution in [0.1, 0.15) is 23.7 Å². The minimum Gasteiger partial charge on any atom is -0.484 e. The molecule has 0 heterocycles. The third-order valence-electron chi connectivity index (χ3n) is 3.84. The van der Waals surface area contributed by atoms with E-state index in [0.717, 1.165) is 0 Å². The van der Waals surface area contributed by atoms with Crippen LogP contribution in [0.4, 0.5) is 11.4 Å². The van der Waals surface area contributed by atoms with Gasteiger partial charge >= 0.3 is 0 Å². The van der Waals surface area contributed by atoms with Crippen molar-refractivity contribution in [3.05, 3.63) is 54.1 Å². The monoisotopic (exact) mass is 419 g/mol. The van der Waals surface area contributed by atoms with Crippen molar-refractivity contribution >= 4 is 33.2 Å². The fourth-order valence-electron chi connectivity index (χ4n) is 2.34. The largest absolute Gasteiger partial charge is 0.484 e. The number of sulfonamides is 1. The standard InChI is InChI=1S/C20H25N3O5S/c1-4-12-29(26,27)22-17-7-5-6-15(13-17)20(25)21-16-8-10-18(11-9-16)28-14-19(24)23(2)3/h5-11,13,22H,4,12,14H2,1-3H3,(H,21,25). The average Bonchev–Trinajstić information content (AvgIpc) is 2.66. The van der Waals surface area contributed by atoms with Gasteiger partial charge in [0.2, 0.25) is 10.0 Å². The smallest absolute Gasteiger partial charge is 0.259 e. The molecule has 0 radical (unpaired) electrons. The zero-order valence-corrected chi connectivity index (χ0v) is 17.5. The number of rotatable bonds is 9. The number of amides is 2. The third kappa shape index (κ3) is 7.11. The topological polar surface area (TPSA) is 105 Å². The molecule has 9 heteroatoms. The highest BCUT2D eigenvalue weighted by Gasteiger charge is 2.12. The maximum Gasteiger partial charge on any atom is 0.259 e. The van der Waals surface area contributed by atoms with Crippen LogP contribution < -0.4 is 14.8 Å². The van der Waals surface area contributed by atoms with Gasteiger partial charge in [-0.1, -0.05) is 13.0 Å². The Morgan fingerprint density at radius 1 is 1.03 bits per heavy atom. The average molecular weight is 420 g/mol.